The van der Waals surface area contributed by atoms with Crippen LogP contribution in [0, 0.1) is 5.92 Å². The lowest BCUT2D eigenvalue weighted by Crippen LogP contribution is -2.46. The minimum absolute atomic E-state index is 0.220. The van der Waals surface area contributed by atoms with Crippen LogP contribution in [-0.4, -0.2) is 43.6 Å². The van der Waals surface area contributed by atoms with Crippen LogP contribution in [0.2, 0.25) is 0 Å². The van der Waals surface area contributed by atoms with E-state index in [2.05, 4.69) is 4.98 Å². The van der Waals surface area contributed by atoms with Crippen molar-refractivity contribution in [3.05, 3.63) is 71.9 Å². The molecule has 1 saturated carbocycles. The number of aromatic nitrogens is 1. The summed E-state index contributed by atoms with van der Waals surface area (Å²) in [6, 6.07) is 16.4. The lowest BCUT2D eigenvalue weighted by molar-refractivity contribution is 0.000502. The fraction of sp³-hybridized carbons (Fsp3) is 0.400. The molecule has 6 nitrogen and oxygen atoms in total. The second kappa shape index (κ2) is 9.27. The van der Waals surface area contributed by atoms with Crippen molar-refractivity contribution in [2.75, 3.05) is 19.8 Å². The maximum atomic E-state index is 14.0. The van der Waals surface area contributed by atoms with Crippen LogP contribution in [0.1, 0.15) is 30.4 Å². The Morgan fingerprint density at radius 3 is 2.62 bits per heavy atom. The van der Waals surface area contributed by atoms with E-state index in [0.717, 1.165) is 16.5 Å². The molecule has 1 aromatic heterocycles. The van der Waals surface area contributed by atoms with E-state index in [1.807, 2.05) is 42.5 Å². The highest BCUT2D eigenvalue weighted by molar-refractivity contribution is 7.89. The van der Waals surface area contributed by atoms with Crippen molar-refractivity contribution in [1.29, 1.82) is 0 Å². The average molecular weight is 453 g/mol. The van der Waals surface area contributed by atoms with Gasteiger partial charge in [0.2, 0.25) is 10.0 Å². The molecule has 3 aromatic rings. The lowest BCUT2D eigenvalue weighted by atomic mass is 9.86. The summed E-state index contributed by atoms with van der Waals surface area (Å²) in [6.45, 7) is 2.03. The second-order valence-corrected chi connectivity index (χ2v) is 10.5. The number of benzene rings is 2. The number of ether oxygens (including phenoxy) is 2. The van der Waals surface area contributed by atoms with Gasteiger partial charge in [-0.1, -0.05) is 48.9 Å². The van der Waals surface area contributed by atoms with Crippen molar-refractivity contribution in [2.24, 2.45) is 5.92 Å². The van der Waals surface area contributed by atoms with E-state index in [0.29, 0.717) is 31.3 Å². The van der Waals surface area contributed by atoms with Crippen molar-refractivity contribution >= 4 is 20.9 Å². The zero-order valence-corrected chi connectivity index (χ0v) is 18.8. The molecular formula is C25H28N2O4S. The van der Waals surface area contributed by atoms with Gasteiger partial charge in [-0.3, -0.25) is 4.98 Å². The first-order chi connectivity index (χ1) is 15.6. The second-order valence-electron chi connectivity index (χ2n) is 8.65. The first-order valence-corrected chi connectivity index (χ1v) is 12.6. The molecule has 0 N–H and O–H groups in total. The zero-order valence-electron chi connectivity index (χ0n) is 18.0. The van der Waals surface area contributed by atoms with Crippen molar-refractivity contribution in [3.63, 3.8) is 0 Å². The monoisotopic (exact) mass is 452 g/mol. The number of nitrogens with zero attached hydrogens (tertiary/aromatic N) is 2. The maximum absolute atomic E-state index is 14.0. The van der Waals surface area contributed by atoms with Gasteiger partial charge < -0.3 is 9.47 Å². The van der Waals surface area contributed by atoms with Crippen molar-refractivity contribution in [3.8, 4) is 0 Å². The molecule has 168 valence electrons. The standard InChI is InChI=1S/C25H28N2O4S/c28-32(29,24-12-4-10-20-11-5-13-26-25(20)24)27-14-21-8-1-2-9-22(21)16-31-18-23(27)17-30-15-19-6-3-7-19/h1-2,4-5,8-13,19,23H,3,6-7,14-18H2/t23-/m1/s1. The van der Waals surface area contributed by atoms with Crippen LogP contribution in [-0.2, 0) is 32.6 Å². The summed E-state index contributed by atoms with van der Waals surface area (Å²) in [5.74, 6) is 0.595. The summed E-state index contributed by atoms with van der Waals surface area (Å²) in [7, 11) is -3.85. The quantitative estimate of drug-likeness (QED) is 0.562. The minimum atomic E-state index is -3.85. The average Bonchev–Trinajstić information content (AvgIpc) is 2.76. The van der Waals surface area contributed by atoms with E-state index >= 15 is 0 Å². The summed E-state index contributed by atoms with van der Waals surface area (Å²) in [5.41, 5.74) is 2.45. The molecule has 2 heterocycles. The number of sulfonamides is 1. The molecule has 5 rings (SSSR count). The van der Waals surface area contributed by atoms with Gasteiger partial charge in [-0.25, -0.2) is 8.42 Å². The highest BCUT2D eigenvalue weighted by Gasteiger charge is 2.35. The lowest BCUT2D eigenvalue weighted by Gasteiger charge is -2.34. The van der Waals surface area contributed by atoms with Crippen LogP contribution in [0.4, 0.5) is 0 Å². The van der Waals surface area contributed by atoms with E-state index < -0.39 is 16.1 Å². The molecule has 0 bridgehead atoms. The van der Waals surface area contributed by atoms with Crippen LogP contribution >= 0.6 is 0 Å². The molecule has 0 radical (unpaired) electrons. The molecule has 0 saturated heterocycles. The Bertz CT molecular complexity index is 1190. The number of para-hydroxylation sites is 1. The molecule has 1 aliphatic heterocycles. The van der Waals surface area contributed by atoms with E-state index in [-0.39, 0.29) is 18.0 Å². The zero-order chi connectivity index (χ0) is 22.0. The number of fused-ring (bicyclic) bond motifs is 2. The molecule has 2 aromatic carbocycles. The Kier molecular flexibility index (Phi) is 6.24. The van der Waals surface area contributed by atoms with Gasteiger partial charge in [-0.2, -0.15) is 4.31 Å². The molecule has 32 heavy (non-hydrogen) atoms. The summed E-state index contributed by atoms with van der Waals surface area (Å²) < 4.78 is 41.6. The maximum Gasteiger partial charge on any atom is 0.245 e. The number of pyridine rings is 1. The van der Waals surface area contributed by atoms with Crippen molar-refractivity contribution < 1.29 is 17.9 Å². The smallest absolute Gasteiger partial charge is 0.245 e. The SMILES string of the molecule is O=S(=O)(c1cccc2cccnc12)N1Cc2ccccc2COC[C@H]1COCC1CCC1. The summed E-state index contributed by atoms with van der Waals surface area (Å²) in [6.07, 6.45) is 5.27. The molecule has 2 aliphatic rings. The van der Waals surface area contributed by atoms with Gasteiger partial charge in [0.05, 0.1) is 31.4 Å². The van der Waals surface area contributed by atoms with Gasteiger partial charge in [0, 0.05) is 24.7 Å². The normalized spacial score (nSPS) is 20.3. The predicted molar refractivity (Wildman–Crippen MR) is 123 cm³/mol. The molecule has 0 amide bonds. The molecule has 7 heteroatoms. The van der Waals surface area contributed by atoms with Crippen molar-refractivity contribution in [1.82, 2.24) is 9.29 Å². The Hall–Kier alpha value is -2.32. The fourth-order valence-electron chi connectivity index (χ4n) is 4.39. The van der Waals surface area contributed by atoms with E-state index in [1.165, 1.54) is 19.3 Å². The fourth-order valence-corrected chi connectivity index (χ4v) is 6.13. The van der Waals surface area contributed by atoms with Gasteiger partial charge in [-0.15, -0.1) is 0 Å². The summed E-state index contributed by atoms with van der Waals surface area (Å²) in [5, 5.41) is 0.801. The van der Waals surface area contributed by atoms with E-state index in [9.17, 15) is 8.42 Å². The van der Waals surface area contributed by atoms with E-state index in [1.54, 1.807) is 22.6 Å². The first-order valence-electron chi connectivity index (χ1n) is 11.2. The minimum Gasteiger partial charge on any atom is -0.379 e. The largest absolute Gasteiger partial charge is 0.379 e. The highest BCUT2D eigenvalue weighted by atomic mass is 32.2. The molecule has 1 fully saturated rings. The Morgan fingerprint density at radius 1 is 1.00 bits per heavy atom. The van der Waals surface area contributed by atoms with Crippen LogP contribution in [0.15, 0.2) is 65.7 Å². The third-order valence-corrected chi connectivity index (χ3v) is 8.42. The van der Waals surface area contributed by atoms with Crippen LogP contribution < -0.4 is 0 Å². The molecule has 0 spiro atoms. The Morgan fingerprint density at radius 2 is 1.81 bits per heavy atom. The van der Waals surface area contributed by atoms with Crippen molar-refractivity contribution in [2.45, 2.75) is 43.4 Å². The summed E-state index contributed by atoms with van der Waals surface area (Å²) in [4.78, 5) is 4.61. The first kappa shape index (κ1) is 21.5. The number of hydrogen-bond acceptors (Lipinski definition) is 5. The molecular weight excluding hydrogens is 424 g/mol. The topological polar surface area (TPSA) is 68.7 Å². The molecule has 1 aliphatic carbocycles. The molecule has 1 atom stereocenters. The van der Waals surface area contributed by atoms with Crippen LogP contribution in [0.25, 0.3) is 10.9 Å². The predicted octanol–water partition coefficient (Wildman–Crippen LogP) is 4.14. The Labute approximate surface area is 189 Å². The van der Waals surface area contributed by atoms with Crippen LogP contribution in [0.3, 0.4) is 0 Å². The number of rotatable bonds is 6. The van der Waals surface area contributed by atoms with Gasteiger partial charge >= 0.3 is 0 Å². The highest BCUT2D eigenvalue weighted by Crippen LogP contribution is 2.30. The van der Waals surface area contributed by atoms with E-state index in [4.69, 9.17) is 9.47 Å². The summed E-state index contributed by atoms with van der Waals surface area (Å²) >= 11 is 0. The van der Waals surface area contributed by atoms with Gasteiger partial charge in [0.1, 0.15) is 4.90 Å². The molecule has 0 unspecified atom stereocenters. The number of hydrogen-bond donors (Lipinski definition) is 0. The van der Waals surface area contributed by atoms with Gasteiger partial charge in [-0.05, 0) is 42.0 Å². The Balaban J connectivity index is 1.51. The van der Waals surface area contributed by atoms with Gasteiger partial charge in [0.15, 0.2) is 0 Å². The third kappa shape index (κ3) is 4.30. The third-order valence-electron chi connectivity index (χ3n) is 6.49. The van der Waals surface area contributed by atoms with Gasteiger partial charge in [0.25, 0.3) is 0 Å². The van der Waals surface area contributed by atoms with Crippen LogP contribution in [0.5, 0.6) is 0 Å².